The first kappa shape index (κ1) is 12.4. The minimum absolute atomic E-state index is 0.441. The van der Waals surface area contributed by atoms with Gasteiger partial charge in [-0.15, -0.1) is 0 Å². The highest BCUT2D eigenvalue weighted by Crippen LogP contribution is 2.61. The zero-order valence-electron chi connectivity index (χ0n) is 12.1. The summed E-state index contributed by atoms with van der Waals surface area (Å²) in [6.07, 6.45) is 15.1. The third kappa shape index (κ3) is 2.06. The van der Waals surface area contributed by atoms with Crippen LogP contribution in [-0.4, -0.2) is 9.55 Å². The van der Waals surface area contributed by atoms with Gasteiger partial charge in [-0.2, -0.15) is 5.26 Å². The highest BCUT2D eigenvalue weighted by atomic mass is 15.1. The second kappa shape index (κ2) is 4.62. The lowest BCUT2D eigenvalue weighted by molar-refractivity contribution is -0.0572. The Labute approximate surface area is 121 Å². The van der Waals surface area contributed by atoms with Crippen LogP contribution in [0.1, 0.15) is 50.8 Å². The highest BCUT2D eigenvalue weighted by Gasteiger charge is 2.50. The Morgan fingerprint density at radius 2 is 1.85 bits per heavy atom. The number of nitriles is 1. The summed E-state index contributed by atoms with van der Waals surface area (Å²) in [5.41, 5.74) is 0.623. The van der Waals surface area contributed by atoms with Crippen molar-refractivity contribution in [3.05, 3.63) is 18.2 Å². The number of hydrogen-bond acceptors (Lipinski definition) is 2. The second-order valence-corrected chi connectivity index (χ2v) is 7.55. The van der Waals surface area contributed by atoms with E-state index in [0.29, 0.717) is 12.0 Å². The van der Waals surface area contributed by atoms with Gasteiger partial charge in [0.05, 0.1) is 6.07 Å². The van der Waals surface area contributed by atoms with E-state index in [1.807, 2.05) is 17.0 Å². The van der Waals surface area contributed by atoms with Crippen LogP contribution in [0.2, 0.25) is 0 Å². The predicted octanol–water partition coefficient (Wildman–Crippen LogP) is 3.56. The van der Waals surface area contributed by atoms with Crippen LogP contribution in [0.5, 0.6) is 0 Å². The van der Waals surface area contributed by atoms with Gasteiger partial charge >= 0.3 is 0 Å². The molecule has 4 bridgehead atoms. The SMILES string of the molecule is N#CCn1ccnc1CCC12CC3CC(CC(C3)C1)C2. The maximum absolute atomic E-state index is 8.86. The maximum atomic E-state index is 8.86. The molecule has 4 aliphatic carbocycles. The number of nitrogens with zero attached hydrogens (tertiary/aromatic N) is 3. The van der Waals surface area contributed by atoms with Crippen LogP contribution in [0.4, 0.5) is 0 Å². The number of rotatable bonds is 4. The zero-order valence-corrected chi connectivity index (χ0v) is 12.1. The Bertz CT molecular complexity index is 501. The second-order valence-electron chi connectivity index (χ2n) is 7.55. The average Bonchev–Trinajstić information content (AvgIpc) is 2.83. The van der Waals surface area contributed by atoms with Crippen LogP contribution >= 0.6 is 0 Å². The van der Waals surface area contributed by atoms with Gasteiger partial charge in [-0.05, 0) is 68.1 Å². The van der Waals surface area contributed by atoms with E-state index in [-0.39, 0.29) is 0 Å². The Balaban J connectivity index is 1.47. The number of imidazole rings is 1. The fraction of sp³-hybridized carbons (Fsp3) is 0.765. The van der Waals surface area contributed by atoms with Gasteiger partial charge in [-0.1, -0.05) is 0 Å². The van der Waals surface area contributed by atoms with E-state index in [4.69, 9.17) is 5.26 Å². The Hall–Kier alpha value is -1.30. The lowest BCUT2D eigenvalue weighted by Crippen LogP contribution is -2.46. The molecule has 3 heteroatoms. The van der Waals surface area contributed by atoms with Crippen LogP contribution in [0, 0.1) is 34.5 Å². The molecular weight excluding hydrogens is 246 g/mol. The summed E-state index contributed by atoms with van der Waals surface area (Å²) >= 11 is 0. The molecule has 0 amide bonds. The van der Waals surface area contributed by atoms with Gasteiger partial charge in [0, 0.05) is 18.8 Å². The molecule has 0 N–H and O–H groups in total. The van der Waals surface area contributed by atoms with E-state index in [0.717, 1.165) is 30.0 Å². The molecule has 4 fully saturated rings. The summed E-state index contributed by atoms with van der Waals surface area (Å²) in [5.74, 6) is 4.20. The molecule has 0 spiro atoms. The van der Waals surface area contributed by atoms with Crippen molar-refractivity contribution >= 4 is 0 Å². The molecule has 1 aromatic heterocycles. The van der Waals surface area contributed by atoms with Crippen molar-refractivity contribution < 1.29 is 0 Å². The first-order valence-electron chi connectivity index (χ1n) is 8.13. The Kier molecular flexibility index (Phi) is 2.87. The molecule has 0 unspecified atom stereocenters. The van der Waals surface area contributed by atoms with Crippen LogP contribution in [0.3, 0.4) is 0 Å². The van der Waals surface area contributed by atoms with E-state index < -0.39 is 0 Å². The molecule has 3 nitrogen and oxygen atoms in total. The van der Waals surface area contributed by atoms with Crippen LogP contribution < -0.4 is 0 Å². The van der Waals surface area contributed by atoms with Crippen molar-refractivity contribution in [2.24, 2.45) is 23.2 Å². The smallest absolute Gasteiger partial charge is 0.111 e. The summed E-state index contributed by atoms with van der Waals surface area (Å²) in [5, 5.41) is 8.86. The van der Waals surface area contributed by atoms with Gasteiger partial charge in [0.1, 0.15) is 12.4 Å². The average molecular weight is 269 g/mol. The molecule has 0 radical (unpaired) electrons. The first-order chi connectivity index (χ1) is 9.76. The summed E-state index contributed by atoms with van der Waals surface area (Å²) in [6.45, 7) is 0.441. The molecule has 106 valence electrons. The van der Waals surface area contributed by atoms with Crippen molar-refractivity contribution in [3.63, 3.8) is 0 Å². The van der Waals surface area contributed by atoms with Gasteiger partial charge in [0.15, 0.2) is 0 Å². The van der Waals surface area contributed by atoms with E-state index in [9.17, 15) is 0 Å². The summed E-state index contributed by atoms with van der Waals surface area (Å²) in [6, 6.07) is 2.23. The zero-order chi connectivity index (χ0) is 13.6. The maximum Gasteiger partial charge on any atom is 0.111 e. The molecular formula is C17H23N3. The number of hydrogen-bond donors (Lipinski definition) is 0. The lowest BCUT2D eigenvalue weighted by Gasteiger charge is -2.57. The molecule has 0 aromatic carbocycles. The standard InChI is InChI=1S/C17H23N3/c18-3-5-20-6-4-19-16(20)1-2-17-10-13-7-14(11-17)9-15(8-13)12-17/h4,6,13-15H,1-2,5,7-12H2. The van der Waals surface area contributed by atoms with Crippen molar-refractivity contribution in [1.82, 2.24) is 9.55 Å². The van der Waals surface area contributed by atoms with Crippen LogP contribution in [-0.2, 0) is 13.0 Å². The monoisotopic (exact) mass is 269 g/mol. The van der Waals surface area contributed by atoms with Gasteiger partial charge < -0.3 is 4.57 Å². The molecule has 4 aliphatic rings. The van der Waals surface area contributed by atoms with Crippen molar-refractivity contribution in [2.45, 2.75) is 57.9 Å². The lowest BCUT2D eigenvalue weighted by atomic mass is 9.48. The molecule has 4 saturated carbocycles. The fourth-order valence-electron chi connectivity index (χ4n) is 5.76. The summed E-state index contributed by atoms with van der Waals surface area (Å²) in [7, 11) is 0. The third-order valence-corrected chi connectivity index (χ3v) is 6.09. The van der Waals surface area contributed by atoms with Crippen LogP contribution in [0.15, 0.2) is 12.4 Å². The summed E-state index contributed by atoms with van der Waals surface area (Å²) in [4.78, 5) is 4.46. The third-order valence-electron chi connectivity index (χ3n) is 6.09. The van der Waals surface area contributed by atoms with Gasteiger partial charge in [-0.25, -0.2) is 4.98 Å². The van der Waals surface area contributed by atoms with Crippen molar-refractivity contribution in [1.29, 1.82) is 5.26 Å². The molecule has 1 heterocycles. The topological polar surface area (TPSA) is 41.6 Å². The van der Waals surface area contributed by atoms with Crippen LogP contribution in [0.25, 0.3) is 0 Å². The summed E-state index contributed by atoms with van der Waals surface area (Å²) < 4.78 is 2.01. The molecule has 1 aromatic rings. The van der Waals surface area contributed by atoms with E-state index in [1.165, 1.54) is 44.9 Å². The molecule has 0 aliphatic heterocycles. The minimum Gasteiger partial charge on any atom is -0.321 e. The van der Waals surface area contributed by atoms with Gasteiger partial charge in [0.25, 0.3) is 0 Å². The first-order valence-corrected chi connectivity index (χ1v) is 8.13. The fourth-order valence-corrected chi connectivity index (χ4v) is 5.76. The van der Waals surface area contributed by atoms with Gasteiger partial charge in [-0.3, -0.25) is 0 Å². The highest BCUT2D eigenvalue weighted by molar-refractivity contribution is 5.03. The van der Waals surface area contributed by atoms with Crippen molar-refractivity contribution in [2.75, 3.05) is 0 Å². The number of aryl methyl sites for hydroxylation is 1. The quantitative estimate of drug-likeness (QED) is 0.838. The van der Waals surface area contributed by atoms with E-state index >= 15 is 0 Å². The van der Waals surface area contributed by atoms with Crippen molar-refractivity contribution in [3.8, 4) is 6.07 Å². The normalized spacial score (nSPS) is 38.0. The molecule has 0 saturated heterocycles. The molecule has 5 rings (SSSR count). The number of aromatic nitrogens is 2. The van der Waals surface area contributed by atoms with E-state index in [2.05, 4.69) is 11.1 Å². The van der Waals surface area contributed by atoms with Gasteiger partial charge in [0.2, 0.25) is 0 Å². The largest absolute Gasteiger partial charge is 0.321 e. The molecule has 0 atom stereocenters. The Morgan fingerprint density at radius 3 is 2.45 bits per heavy atom. The predicted molar refractivity (Wildman–Crippen MR) is 76.8 cm³/mol. The minimum atomic E-state index is 0.441. The Morgan fingerprint density at radius 1 is 1.20 bits per heavy atom. The molecule has 20 heavy (non-hydrogen) atoms. The van der Waals surface area contributed by atoms with E-state index in [1.54, 1.807) is 0 Å².